The van der Waals surface area contributed by atoms with Gasteiger partial charge in [0.15, 0.2) is 0 Å². The summed E-state index contributed by atoms with van der Waals surface area (Å²) in [6.45, 7) is 8.54. The molecule has 0 amide bonds. The molecule has 1 saturated heterocycles. The van der Waals surface area contributed by atoms with E-state index in [0.29, 0.717) is 6.10 Å². The molecule has 2 heterocycles. The molecule has 0 aromatic heterocycles. The van der Waals surface area contributed by atoms with Crippen LogP contribution in [0.5, 0.6) is 0 Å². The second-order valence-corrected chi connectivity index (χ2v) is 5.75. The molecule has 0 bridgehead atoms. The average molecular weight is 260 g/mol. The van der Waals surface area contributed by atoms with Gasteiger partial charge < -0.3 is 10.1 Å². The highest BCUT2D eigenvalue weighted by molar-refractivity contribution is 5.37. The monoisotopic (exact) mass is 260 g/mol. The van der Waals surface area contributed by atoms with Crippen molar-refractivity contribution in [2.24, 2.45) is 0 Å². The minimum Gasteiger partial charge on any atom is -0.377 e. The van der Waals surface area contributed by atoms with Crippen LogP contribution in [0.3, 0.4) is 0 Å². The lowest BCUT2D eigenvalue weighted by Gasteiger charge is -2.26. The Kier molecular flexibility index (Phi) is 4.16. The van der Waals surface area contributed by atoms with Gasteiger partial charge in [-0.15, -0.1) is 0 Å². The molecule has 1 fully saturated rings. The van der Waals surface area contributed by atoms with Crippen molar-refractivity contribution in [3.63, 3.8) is 0 Å². The van der Waals surface area contributed by atoms with Crippen LogP contribution >= 0.6 is 0 Å². The number of fused-ring (bicyclic) bond motifs is 1. The van der Waals surface area contributed by atoms with E-state index < -0.39 is 0 Å². The Bertz CT molecular complexity index is 433. The Morgan fingerprint density at radius 3 is 3.32 bits per heavy atom. The molecule has 0 saturated carbocycles. The van der Waals surface area contributed by atoms with E-state index in [4.69, 9.17) is 4.74 Å². The normalized spacial score (nSPS) is 24.8. The standard InChI is InChI=1S/C16H24N2O/c1-13-11-18(8-3-9-19-13)12-15-5-2-4-14-10-17-7-6-16(14)15/h2,4-5,13,17H,3,6-12H2,1H3. The SMILES string of the molecule is CC1CN(Cc2cccc3c2CCNC3)CCCO1. The lowest BCUT2D eigenvalue weighted by Crippen LogP contribution is -2.31. The number of hydrogen-bond donors (Lipinski definition) is 1. The zero-order valence-electron chi connectivity index (χ0n) is 11.8. The van der Waals surface area contributed by atoms with Gasteiger partial charge in [-0.3, -0.25) is 4.90 Å². The number of hydrogen-bond acceptors (Lipinski definition) is 3. The Morgan fingerprint density at radius 2 is 2.37 bits per heavy atom. The molecule has 0 spiro atoms. The van der Waals surface area contributed by atoms with E-state index >= 15 is 0 Å². The largest absolute Gasteiger partial charge is 0.377 e. The van der Waals surface area contributed by atoms with E-state index in [-0.39, 0.29) is 0 Å². The summed E-state index contributed by atoms with van der Waals surface area (Å²) >= 11 is 0. The lowest BCUT2D eigenvalue weighted by molar-refractivity contribution is 0.0667. The molecule has 0 aliphatic carbocycles. The summed E-state index contributed by atoms with van der Waals surface area (Å²) < 4.78 is 5.73. The number of benzene rings is 1. The average Bonchev–Trinajstić information content (AvgIpc) is 2.63. The fraction of sp³-hybridized carbons (Fsp3) is 0.625. The molecule has 1 aromatic rings. The summed E-state index contributed by atoms with van der Waals surface area (Å²) in [6.07, 6.45) is 2.69. The van der Waals surface area contributed by atoms with E-state index in [0.717, 1.165) is 45.8 Å². The molecule has 19 heavy (non-hydrogen) atoms. The zero-order chi connectivity index (χ0) is 13.1. The van der Waals surface area contributed by atoms with Crippen LogP contribution in [0.1, 0.15) is 30.0 Å². The summed E-state index contributed by atoms with van der Waals surface area (Å²) in [5, 5.41) is 3.46. The fourth-order valence-electron chi connectivity index (χ4n) is 3.22. The van der Waals surface area contributed by atoms with Gasteiger partial charge in [-0.05, 0) is 43.0 Å². The molecule has 2 aliphatic heterocycles. The summed E-state index contributed by atoms with van der Waals surface area (Å²) in [4.78, 5) is 2.55. The number of rotatable bonds is 2. The lowest BCUT2D eigenvalue weighted by atomic mass is 9.95. The third-order valence-corrected chi connectivity index (χ3v) is 4.17. The Labute approximate surface area is 115 Å². The van der Waals surface area contributed by atoms with E-state index in [1.54, 1.807) is 5.56 Å². The van der Waals surface area contributed by atoms with Crippen molar-refractivity contribution in [2.45, 2.75) is 39.0 Å². The first-order chi connectivity index (χ1) is 9.33. The van der Waals surface area contributed by atoms with Gasteiger partial charge in [-0.25, -0.2) is 0 Å². The molecule has 3 rings (SSSR count). The van der Waals surface area contributed by atoms with Crippen LogP contribution in [0.15, 0.2) is 18.2 Å². The predicted octanol–water partition coefficient (Wildman–Crippen LogP) is 1.94. The summed E-state index contributed by atoms with van der Waals surface area (Å²) in [5.41, 5.74) is 4.59. The van der Waals surface area contributed by atoms with Crippen LogP contribution in [0, 0.1) is 0 Å². The second kappa shape index (κ2) is 6.04. The molecule has 1 atom stereocenters. The van der Waals surface area contributed by atoms with E-state index in [1.807, 2.05) is 0 Å². The number of nitrogens with zero attached hydrogens (tertiary/aromatic N) is 1. The van der Waals surface area contributed by atoms with Crippen LogP contribution in [-0.4, -0.2) is 37.2 Å². The maximum Gasteiger partial charge on any atom is 0.0674 e. The van der Waals surface area contributed by atoms with Gasteiger partial charge >= 0.3 is 0 Å². The highest BCUT2D eigenvalue weighted by atomic mass is 16.5. The summed E-state index contributed by atoms with van der Waals surface area (Å²) in [7, 11) is 0. The third kappa shape index (κ3) is 3.16. The Hall–Kier alpha value is -0.900. The van der Waals surface area contributed by atoms with Crippen LogP contribution in [-0.2, 0) is 24.2 Å². The van der Waals surface area contributed by atoms with Gasteiger partial charge in [0.05, 0.1) is 6.10 Å². The molecule has 1 unspecified atom stereocenters. The Morgan fingerprint density at radius 1 is 1.42 bits per heavy atom. The van der Waals surface area contributed by atoms with Crippen LogP contribution in [0.2, 0.25) is 0 Å². The fourth-order valence-corrected chi connectivity index (χ4v) is 3.22. The first kappa shape index (κ1) is 13.1. The van der Waals surface area contributed by atoms with Crippen LogP contribution in [0.4, 0.5) is 0 Å². The van der Waals surface area contributed by atoms with Crippen molar-refractivity contribution in [3.8, 4) is 0 Å². The van der Waals surface area contributed by atoms with Crippen molar-refractivity contribution in [3.05, 3.63) is 34.9 Å². The number of nitrogens with one attached hydrogen (secondary N) is 1. The molecule has 2 aliphatic rings. The molecule has 0 radical (unpaired) electrons. The van der Waals surface area contributed by atoms with Gasteiger partial charge in [-0.1, -0.05) is 18.2 Å². The molecule has 104 valence electrons. The third-order valence-electron chi connectivity index (χ3n) is 4.17. The predicted molar refractivity (Wildman–Crippen MR) is 77.2 cm³/mol. The van der Waals surface area contributed by atoms with E-state index in [2.05, 4.69) is 35.3 Å². The van der Waals surface area contributed by atoms with Gasteiger partial charge in [-0.2, -0.15) is 0 Å². The van der Waals surface area contributed by atoms with Gasteiger partial charge in [0.25, 0.3) is 0 Å². The highest BCUT2D eigenvalue weighted by Gasteiger charge is 2.18. The first-order valence-corrected chi connectivity index (χ1v) is 7.47. The molecule has 1 aromatic carbocycles. The summed E-state index contributed by atoms with van der Waals surface area (Å²) in [5.74, 6) is 0. The minimum absolute atomic E-state index is 0.365. The van der Waals surface area contributed by atoms with Crippen molar-refractivity contribution < 1.29 is 4.74 Å². The van der Waals surface area contributed by atoms with Crippen molar-refractivity contribution in [2.75, 3.05) is 26.2 Å². The molecule has 1 N–H and O–H groups in total. The van der Waals surface area contributed by atoms with E-state index in [9.17, 15) is 0 Å². The second-order valence-electron chi connectivity index (χ2n) is 5.75. The highest BCUT2D eigenvalue weighted by Crippen LogP contribution is 2.21. The van der Waals surface area contributed by atoms with Crippen LogP contribution in [0.25, 0.3) is 0 Å². The zero-order valence-corrected chi connectivity index (χ0v) is 11.8. The molecule has 3 heteroatoms. The summed E-state index contributed by atoms with van der Waals surface area (Å²) in [6, 6.07) is 6.78. The molecular formula is C16H24N2O. The first-order valence-electron chi connectivity index (χ1n) is 7.47. The van der Waals surface area contributed by atoms with Gasteiger partial charge in [0.2, 0.25) is 0 Å². The molecule has 3 nitrogen and oxygen atoms in total. The van der Waals surface area contributed by atoms with Gasteiger partial charge in [0.1, 0.15) is 0 Å². The quantitative estimate of drug-likeness (QED) is 0.879. The number of ether oxygens (including phenoxy) is 1. The van der Waals surface area contributed by atoms with Crippen molar-refractivity contribution in [1.82, 2.24) is 10.2 Å². The van der Waals surface area contributed by atoms with Gasteiger partial charge in [0, 0.05) is 32.8 Å². The Balaban J connectivity index is 1.75. The van der Waals surface area contributed by atoms with Crippen LogP contribution < -0.4 is 5.32 Å². The minimum atomic E-state index is 0.365. The van der Waals surface area contributed by atoms with Crippen molar-refractivity contribution in [1.29, 1.82) is 0 Å². The van der Waals surface area contributed by atoms with Crippen molar-refractivity contribution >= 4 is 0 Å². The smallest absolute Gasteiger partial charge is 0.0674 e. The topological polar surface area (TPSA) is 24.5 Å². The van der Waals surface area contributed by atoms with E-state index in [1.165, 1.54) is 17.5 Å². The maximum absolute atomic E-state index is 5.73. The molecular weight excluding hydrogens is 236 g/mol. The maximum atomic E-state index is 5.73.